The quantitative estimate of drug-likeness (QED) is 0.669. The molecular formula is C11H19NO. The fraction of sp³-hybridized carbons (Fsp3) is 0.818. The van der Waals surface area contributed by atoms with Gasteiger partial charge in [0.05, 0.1) is 6.10 Å². The van der Waals surface area contributed by atoms with E-state index in [1.54, 1.807) is 0 Å². The summed E-state index contributed by atoms with van der Waals surface area (Å²) in [5.74, 6) is 0.797. The van der Waals surface area contributed by atoms with E-state index in [0.29, 0.717) is 6.10 Å². The van der Waals surface area contributed by atoms with Gasteiger partial charge in [0.1, 0.15) is 0 Å². The fourth-order valence-electron chi connectivity index (χ4n) is 1.90. The van der Waals surface area contributed by atoms with Crippen LogP contribution in [-0.2, 0) is 4.74 Å². The van der Waals surface area contributed by atoms with E-state index in [4.69, 9.17) is 4.74 Å². The van der Waals surface area contributed by atoms with Crippen LogP contribution in [0.3, 0.4) is 0 Å². The average molecular weight is 181 g/mol. The number of hydrogen-bond acceptors (Lipinski definition) is 2. The van der Waals surface area contributed by atoms with E-state index in [0.717, 1.165) is 25.6 Å². The van der Waals surface area contributed by atoms with Crippen molar-refractivity contribution in [3.05, 3.63) is 12.2 Å². The van der Waals surface area contributed by atoms with Gasteiger partial charge in [-0.25, -0.2) is 0 Å². The van der Waals surface area contributed by atoms with Crippen LogP contribution in [0.4, 0.5) is 0 Å². The van der Waals surface area contributed by atoms with Crippen LogP contribution in [0.5, 0.6) is 0 Å². The average Bonchev–Trinajstić information content (AvgIpc) is 2.05. The van der Waals surface area contributed by atoms with E-state index < -0.39 is 0 Å². The number of hydrogen-bond donors (Lipinski definition) is 1. The molecule has 1 aliphatic heterocycles. The minimum Gasteiger partial charge on any atom is -0.375 e. The van der Waals surface area contributed by atoms with Crippen LogP contribution in [0.25, 0.3) is 0 Å². The molecule has 0 amide bonds. The maximum atomic E-state index is 5.76. The second-order valence-corrected chi connectivity index (χ2v) is 4.31. The molecule has 0 aromatic rings. The minimum atomic E-state index is 0.505. The van der Waals surface area contributed by atoms with Gasteiger partial charge in [-0.2, -0.15) is 0 Å². The highest BCUT2D eigenvalue weighted by Gasteiger charge is 2.21. The van der Waals surface area contributed by atoms with Crippen molar-refractivity contribution in [1.29, 1.82) is 0 Å². The van der Waals surface area contributed by atoms with E-state index in [1.165, 1.54) is 31.3 Å². The summed E-state index contributed by atoms with van der Waals surface area (Å²) in [6.07, 6.45) is 5.52. The van der Waals surface area contributed by atoms with Crippen LogP contribution in [0.15, 0.2) is 12.2 Å². The lowest BCUT2D eigenvalue weighted by atomic mass is 9.87. The number of allylic oxidation sites excluding steroid dienone is 1. The molecule has 2 fully saturated rings. The zero-order valence-electron chi connectivity index (χ0n) is 8.22. The highest BCUT2D eigenvalue weighted by atomic mass is 16.5. The molecule has 1 heterocycles. The van der Waals surface area contributed by atoms with E-state index in [1.807, 2.05) is 0 Å². The lowest BCUT2D eigenvalue weighted by molar-refractivity contribution is -0.00502. The van der Waals surface area contributed by atoms with Crippen LogP contribution in [-0.4, -0.2) is 25.8 Å². The predicted molar refractivity (Wildman–Crippen MR) is 53.7 cm³/mol. The van der Waals surface area contributed by atoms with Crippen LogP contribution in [0.2, 0.25) is 0 Å². The van der Waals surface area contributed by atoms with Crippen molar-refractivity contribution in [2.75, 3.05) is 19.7 Å². The van der Waals surface area contributed by atoms with Crippen molar-refractivity contribution in [2.24, 2.45) is 5.92 Å². The molecule has 0 radical (unpaired) electrons. The molecule has 0 aromatic heterocycles. The third-order valence-electron chi connectivity index (χ3n) is 3.12. The van der Waals surface area contributed by atoms with Gasteiger partial charge in [0.2, 0.25) is 0 Å². The standard InChI is InChI=1S/C11H19NO/c1-9-2-4-10(5-3-9)8-13-11-6-12-7-11/h10-12H,1-8H2. The maximum absolute atomic E-state index is 5.76. The fourth-order valence-corrected chi connectivity index (χ4v) is 1.90. The highest BCUT2D eigenvalue weighted by Crippen LogP contribution is 2.27. The number of ether oxygens (including phenoxy) is 1. The Bertz CT molecular complexity index is 177. The first kappa shape index (κ1) is 9.22. The lowest BCUT2D eigenvalue weighted by Gasteiger charge is -2.30. The third-order valence-corrected chi connectivity index (χ3v) is 3.12. The first-order valence-electron chi connectivity index (χ1n) is 5.33. The lowest BCUT2D eigenvalue weighted by Crippen LogP contribution is -2.49. The van der Waals surface area contributed by atoms with E-state index in [2.05, 4.69) is 11.9 Å². The molecule has 74 valence electrons. The normalized spacial score (nSPS) is 26.0. The summed E-state index contributed by atoms with van der Waals surface area (Å²) in [6, 6.07) is 0. The molecule has 1 saturated carbocycles. The summed E-state index contributed by atoms with van der Waals surface area (Å²) in [6.45, 7) is 7.10. The molecule has 1 aliphatic carbocycles. The Morgan fingerprint density at radius 3 is 2.54 bits per heavy atom. The molecule has 2 nitrogen and oxygen atoms in total. The molecular weight excluding hydrogens is 162 g/mol. The minimum absolute atomic E-state index is 0.505. The molecule has 2 heteroatoms. The van der Waals surface area contributed by atoms with Gasteiger partial charge >= 0.3 is 0 Å². The van der Waals surface area contributed by atoms with Gasteiger partial charge in [-0.05, 0) is 31.6 Å². The SMILES string of the molecule is C=C1CCC(COC2CNC2)CC1. The van der Waals surface area contributed by atoms with E-state index >= 15 is 0 Å². The number of nitrogens with one attached hydrogen (secondary N) is 1. The second-order valence-electron chi connectivity index (χ2n) is 4.31. The van der Waals surface area contributed by atoms with Gasteiger partial charge in [0, 0.05) is 19.7 Å². The molecule has 1 N–H and O–H groups in total. The van der Waals surface area contributed by atoms with Crippen molar-refractivity contribution >= 4 is 0 Å². The summed E-state index contributed by atoms with van der Waals surface area (Å²) >= 11 is 0. The molecule has 0 atom stereocenters. The Balaban J connectivity index is 1.61. The molecule has 2 rings (SSSR count). The predicted octanol–water partition coefficient (Wildman–Crippen LogP) is 1.72. The highest BCUT2D eigenvalue weighted by molar-refractivity contribution is 4.98. The largest absolute Gasteiger partial charge is 0.375 e. The van der Waals surface area contributed by atoms with Gasteiger partial charge in [0.25, 0.3) is 0 Å². The van der Waals surface area contributed by atoms with Crippen molar-refractivity contribution in [2.45, 2.75) is 31.8 Å². The molecule has 13 heavy (non-hydrogen) atoms. The second kappa shape index (κ2) is 4.25. The van der Waals surface area contributed by atoms with Crippen LogP contribution in [0, 0.1) is 5.92 Å². The molecule has 0 unspecified atom stereocenters. The van der Waals surface area contributed by atoms with Crippen molar-refractivity contribution in [3.8, 4) is 0 Å². The summed E-state index contributed by atoms with van der Waals surface area (Å²) in [5, 5.41) is 3.22. The Kier molecular flexibility index (Phi) is 3.01. The Morgan fingerprint density at radius 1 is 1.31 bits per heavy atom. The molecule has 2 aliphatic rings. The van der Waals surface area contributed by atoms with Gasteiger partial charge in [-0.3, -0.25) is 0 Å². The first-order valence-corrected chi connectivity index (χ1v) is 5.33. The summed E-state index contributed by atoms with van der Waals surface area (Å²) in [4.78, 5) is 0. The topological polar surface area (TPSA) is 21.3 Å². The molecule has 1 saturated heterocycles. The van der Waals surface area contributed by atoms with E-state index in [9.17, 15) is 0 Å². The van der Waals surface area contributed by atoms with Gasteiger partial charge in [0.15, 0.2) is 0 Å². The van der Waals surface area contributed by atoms with Crippen LogP contribution in [0.1, 0.15) is 25.7 Å². The third kappa shape index (κ3) is 2.55. The zero-order chi connectivity index (χ0) is 9.10. The van der Waals surface area contributed by atoms with Crippen LogP contribution >= 0.6 is 0 Å². The maximum Gasteiger partial charge on any atom is 0.0823 e. The van der Waals surface area contributed by atoms with E-state index in [-0.39, 0.29) is 0 Å². The van der Waals surface area contributed by atoms with Gasteiger partial charge in [-0.15, -0.1) is 0 Å². The molecule has 0 aromatic carbocycles. The Morgan fingerprint density at radius 2 is 2.00 bits per heavy atom. The van der Waals surface area contributed by atoms with Gasteiger partial charge < -0.3 is 10.1 Å². The monoisotopic (exact) mass is 181 g/mol. The van der Waals surface area contributed by atoms with Crippen molar-refractivity contribution in [1.82, 2.24) is 5.32 Å². The molecule has 0 spiro atoms. The van der Waals surface area contributed by atoms with Gasteiger partial charge in [-0.1, -0.05) is 12.2 Å². The first-order chi connectivity index (χ1) is 6.34. The number of rotatable bonds is 3. The van der Waals surface area contributed by atoms with Crippen molar-refractivity contribution in [3.63, 3.8) is 0 Å². The summed E-state index contributed by atoms with van der Waals surface area (Å²) in [7, 11) is 0. The zero-order valence-corrected chi connectivity index (χ0v) is 8.22. The van der Waals surface area contributed by atoms with Crippen LogP contribution < -0.4 is 5.32 Å². The van der Waals surface area contributed by atoms with Crippen molar-refractivity contribution < 1.29 is 4.74 Å². The smallest absolute Gasteiger partial charge is 0.0823 e. The Hall–Kier alpha value is -0.340. The summed E-state index contributed by atoms with van der Waals surface area (Å²) in [5.41, 5.74) is 1.43. The Labute approximate surface area is 80.4 Å². The summed E-state index contributed by atoms with van der Waals surface area (Å²) < 4.78 is 5.76. The molecule has 0 bridgehead atoms.